The van der Waals surface area contributed by atoms with Crippen molar-refractivity contribution in [3.05, 3.63) is 54.3 Å². The molecule has 4 N–H and O–H groups in total. The number of para-hydroxylation sites is 1. The van der Waals surface area contributed by atoms with Gasteiger partial charge in [-0.2, -0.15) is 0 Å². The molecule has 21 heavy (non-hydrogen) atoms. The highest BCUT2D eigenvalue weighted by Crippen LogP contribution is 2.40. The summed E-state index contributed by atoms with van der Waals surface area (Å²) < 4.78 is 0. The molecule has 2 bridgehead atoms. The minimum atomic E-state index is -0.988. The second-order valence-electron chi connectivity index (χ2n) is 4.54. The number of carbonyl (C=O) groups excluding carboxylic acids is 2. The smallest absolute Gasteiger partial charge is 0.248 e. The summed E-state index contributed by atoms with van der Waals surface area (Å²) in [6.45, 7) is 0. The Morgan fingerprint density at radius 1 is 1.10 bits per heavy atom. The van der Waals surface area contributed by atoms with E-state index in [1.807, 2.05) is 6.07 Å². The van der Waals surface area contributed by atoms with E-state index in [2.05, 4.69) is 9.97 Å². The van der Waals surface area contributed by atoms with Crippen LogP contribution in [0.5, 0.6) is 0 Å². The minimum absolute atomic E-state index is 0.0572. The van der Waals surface area contributed by atoms with E-state index < -0.39 is 17.7 Å². The Morgan fingerprint density at radius 2 is 1.81 bits per heavy atom. The predicted molar refractivity (Wildman–Crippen MR) is 75.0 cm³/mol. The fourth-order valence-corrected chi connectivity index (χ4v) is 2.37. The molecule has 1 aliphatic rings. The Balaban J connectivity index is 2.21. The monoisotopic (exact) mass is 282 g/mol. The summed E-state index contributed by atoms with van der Waals surface area (Å²) in [6.07, 6.45) is 1.52. The number of nitrogens with two attached hydrogens (primary N) is 2. The molecule has 1 atom stereocenters. The van der Waals surface area contributed by atoms with E-state index in [9.17, 15) is 9.59 Å². The second kappa shape index (κ2) is 4.86. The summed E-state index contributed by atoms with van der Waals surface area (Å²) in [5, 5.41) is 0. The lowest BCUT2D eigenvalue weighted by Crippen LogP contribution is -2.46. The summed E-state index contributed by atoms with van der Waals surface area (Å²) in [4.78, 5) is 33.5. The Kier molecular flexibility index (Phi) is 3.02. The van der Waals surface area contributed by atoms with Gasteiger partial charge in [0, 0.05) is 11.9 Å². The van der Waals surface area contributed by atoms with Gasteiger partial charge in [0.25, 0.3) is 0 Å². The van der Waals surface area contributed by atoms with Gasteiger partial charge in [-0.15, -0.1) is 0 Å². The Bertz CT molecular complexity index is 704. The van der Waals surface area contributed by atoms with Gasteiger partial charge in [-0.25, -0.2) is 9.97 Å². The van der Waals surface area contributed by atoms with Crippen LogP contribution in [0.1, 0.15) is 11.6 Å². The molecule has 1 radical (unpaired) electrons. The summed E-state index contributed by atoms with van der Waals surface area (Å²) >= 11 is 0. The molecule has 7 heteroatoms. The third-order valence-electron chi connectivity index (χ3n) is 3.23. The van der Waals surface area contributed by atoms with Crippen molar-refractivity contribution in [1.29, 1.82) is 0 Å². The van der Waals surface area contributed by atoms with Gasteiger partial charge in [0.05, 0.1) is 5.69 Å². The van der Waals surface area contributed by atoms with Crippen LogP contribution in [0.2, 0.25) is 0 Å². The molecule has 3 rings (SSSR count). The fourth-order valence-electron chi connectivity index (χ4n) is 2.37. The van der Waals surface area contributed by atoms with E-state index in [-0.39, 0.29) is 12.0 Å². The Hall–Kier alpha value is -2.96. The average molecular weight is 282 g/mol. The quantitative estimate of drug-likeness (QED) is 0.835. The highest BCUT2D eigenvalue weighted by atomic mass is 16.2. The van der Waals surface area contributed by atoms with E-state index in [0.717, 1.165) is 0 Å². The van der Waals surface area contributed by atoms with Crippen LogP contribution in [-0.4, -0.2) is 21.8 Å². The summed E-state index contributed by atoms with van der Waals surface area (Å²) in [6, 6.07) is 10.6. The van der Waals surface area contributed by atoms with Crippen LogP contribution in [0, 0.1) is 6.04 Å². The van der Waals surface area contributed by atoms with Crippen LogP contribution in [0.4, 0.5) is 11.6 Å². The first-order valence-corrected chi connectivity index (χ1v) is 6.23. The van der Waals surface area contributed by atoms with Crippen LogP contribution >= 0.6 is 0 Å². The van der Waals surface area contributed by atoms with Crippen molar-refractivity contribution in [2.24, 2.45) is 11.5 Å². The molecule has 1 aromatic carbocycles. The Labute approximate surface area is 120 Å². The van der Waals surface area contributed by atoms with Crippen LogP contribution in [-0.2, 0) is 9.59 Å². The lowest BCUT2D eigenvalue weighted by molar-refractivity contribution is -0.123. The normalized spacial score (nSPS) is 17.5. The SMILES string of the molecule is NC(=O)[C]1C(C(N)=O)c2ccnc(n2)N1c1ccccc1. The second-order valence-corrected chi connectivity index (χ2v) is 4.54. The lowest BCUT2D eigenvalue weighted by Gasteiger charge is -2.36. The molecule has 0 aliphatic carbocycles. The average Bonchev–Trinajstić information content (AvgIpc) is 2.47. The van der Waals surface area contributed by atoms with Crippen molar-refractivity contribution in [2.45, 2.75) is 5.92 Å². The van der Waals surface area contributed by atoms with Gasteiger partial charge in [0.1, 0.15) is 5.92 Å². The zero-order chi connectivity index (χ0) is 15.0. The number of aromatic nitrogens is 2. The number of hydrogen-bond donors (Lipinski definition) is 2. The van der Waals surface area contributed by atoms with E-state index in [1.54, 1.807) is 30.3 Å². The number of benzene rings is 1. The van der Waals surface area contributed by atoms with Crippen molar-refractivity contribution in [3.8, 4) is 0 Å². The van der Waals surface area contributed by atoms with Gasteiger partial charge in [-0.3, -0.25) is 14.5 Å². The highest BCUT2D eigenvalue weighted by molar-refractivity contribution is 6.03. The molecule has 2 amide bonds. The fraction of sp³-hybridized carbons (Fsp3) is 0.0714. The van der Waals surface area contributed by atoms with Gasteiger partial charge < -0.3 is 11.5 Å². The molecule has 1 aliphatic heterocycles. The maximum absolute atomic E-state index is 11.9. The molecule has 0 fully saturated rings. The van der Waals surface area contributed by atoms with E-state index >= 15 is 0 Å². The summed E-state index contributed by atoms with van der Waals surface area (Å²) in [5.41, 5.74) is 11.9. The number of primary amides is 2. The van der Waals surface area contributed by atoms with E-state index in [1.165, 1.54) is 11.1 Å². The minimum Gasteiger partial charge on any atom is -0.369 e. The van der Waals surface area contributed by atoms with Crippen molar-refractivity contribution in [2.75, 3.05) is 4.90 Å². The molecule has 1 unspecified atom stereocenters. The van der Waals surface area contributed by atoms with Crippen molar-refractivity contribution < 1.29 is 9.59 Å². The molecule has 0 saturated heterocycles. The Morgan fingerprint density at radius 3 is 2.43 bits per heavy atom. The van der Waals surface area contributed by atoms with Crippen molar-refractivity contribution in [1.82, 2.24) is 9.97 Å². The van der Waals surface area contributed by atoms with Crippen LogP contribution in [0.15, 0.2) is 42.6 Å². The number of fused-ring (bicyclic) bond motifs is 2. The standard InChI is InChI=1S/C14H12N5O2/c15-12(20)10-9-6-7-17-14(18-9)19(11(10)13(16)21)8-4-2-1-3-5-8/h1-7,10H,(H2,15,20)(H2,16,21). The number of amides is 2. The summed E-state index contributed by atoms with van der Waals surface area (Å²) in [7, 11) is 0. The molecule has 2 aromatic rings. The molecule has 0 spiro atoms. The van der Waals surface area contributed by atoms with Crippen LogP contribution < -0.4 is 16.4 Å². The van der Waals surface area contributed by atoms with Crippen molar-refractivity contribution >= 4 is 23.5 Å². The first-order valence-electron chi connectivity index (χ1n) is 6.23. The zero-order valence-corrected chi connectivity index (χ0v) is 10.9. The zero-order valence-electron chi connectivity index (χ0n) is 10.9. The van der Waals surface area contributed by atoms with E-state index in [0.29, 0.717) is 11.4 Å². The topological polar surface area (TPSA) is 115 Å². The number of hydrogen-bond acceptors (Lipinski definition) is 5. The molecule has 0 saturated carbocycles. The summed E-state index contributed by atoms with van der Waals surface area (Å²) in [5.74, 6) is -2.13. The predicted octanol–water partition coefficient (Wildman–Crippen LogP) is 0.214. The van der Waals surface area contributed by atoms with Crippen LogP contribution in [0.25, 0.3) is 0 Å². The largest absolute Gasteiger partial charge is 0.369 e. The van der Waals surface area contributed by atoms with Crippen LogP contribution in [0.3, 0.4) is 0 Å². The first-order chi connectivity index (χ1) is 10.1. The molecule has 1 aromatic heterocycles. The third kappa shape index (κ3) is 2.08. The van der Waals surface area contributed by atoms with Gasteiger partial charge in [-0.05, 0) is 18.2 Å². The lowest BCUT2D eigenvalue weighted by atomic mass is 9.91. The molecule has 105 valence electrons. The van der Waals surface area contributed by atoms with Gasteiger partial charge >= 0.3 is 0 Å². The molecule has 2 heterocycles. The highest BCUT2D eigenvalue weighted by Gasteiger charge is 2.44. The third-order valence-corrected chi connectivity index (χ3v) is 3.23. The molecular formula is C14H12N5O2. The number of nitrogens with zero attached hydrogens (tertiary/aromatic N) is 3. The van der Waals surface area contributed by atoms with Gasteiger partial charge in [0.2, 0.25) is 17.8 Å². The number of anilines is 2. The first kappa shape index (κ1) is 13.0. The van der Waals surface area contributed by atoms with Gasteiger partial charge in [-0.1, -0.05) is 18.2 Å². The van der Waals surface area contributed by atoms with E-state index in [4.69, 9.17) is 11.5 Å². The maximum atomic E-state index is 11.9. The molecule has 7 nitrogen and oxygen atoms in total. The van der Waals surface area contributed by atoms with Gasteiger partial charge in [0.15, 0.2) is 6.04 Å². The number of carbonyl (C=O) groups is 2. The molecular weight excluding hydrogens is 270 g/mol. The number of rotatable bonds is 3. The van der Waals surface area contributed by atoms with Crippen molar-refractivity contribution in [3.63, 3.8) is 0 Å². The maximum Gasteiger partial charge on any atom is 0.248 e.